The summed E-state index contributed by atoms with van der Waals surface area (Å²) in [5, 5.41) is 8.11. The smallest absolute Gasteiger partial charge is 0.263 e. The highest BCUT2D eigenvalue weighted by Gasteiger charge is 2.19. The van der Waals surface area contributed by atoms with Crippen molar-refractivity contribution in [3.05, 3.63) is 51.9 Å². The molecule has 0 atom stereocenters. The largest absolute Gasteiger partial charge is 0.352 e. The highest BCUT2D eigenvalue weighted by atomic mass is 16.1. The van der Waals surface area contributed by atoms with Crippen LogP contribution in [0.4, 0.5) is 5.95 Å². The zero-order valence-corrected chi connectivity index (χ0v) is 18.2. The van der Waals surface area contributed by atoms with Gasteiger partial charge in [0.1, 0.15) is 5.39 Å². The molecule has 2 N–H and O–H groups in total. The number of nitrogens with zero attached hydrogens (tertiary/aromatic N) is 4. The summed E-state index contributed by atoms with van der Waals surface area (Å²) in [5.74, 6) is 0.465. The average molecular weight is 409 g/mol. The standard InChI is InChI=1S/C23H32N6O/c1-23(2,3)29-20-19(15-25-29)21(30)27-22(26-20)24-14-17-8-10-18(11-9-17)16-28-12-6-4-5-7-13-28/h8-11,15H,4-7,12-14,16H2,1-3H3,(H2,24,26,27,30). The number of aromatic amines is 1. The van der Waals surface area contributed by atoms with E-state index >= 15 is 0 Å². The van der Waals surface area contributed by atoms with Gasteiger partial charge in [-0.3, -0.25) is 14.7 Å². The normalized spacial score (nSPS) is 16.0. The second-order valence-corrected chi connectivity index (χ2v) is 9.24. The molecular weight excluding hydrogens is 376 g/mol. The van der Waals surface area contributed by atoms with E-state index in [1.807, 2.05) is 20.8 Å². The van der Waals surface area contributed by atoms with E-state index in [-0.39, 0.29) is 11.1 Å². The summed E-state index contributed by atoms with van der Waals surface area (Å²) >= 11 is 0. The first-order valence-electron chi connectivity index (χ1n) is 10.9. The molecule has 3 heterocycles. The molecule has 1 saturated heterocycles. The number of H-pyrrole nitrogens is 1. The van der Waals surface area contributed by atoms with Gasteiger partial charge in [0.15, 0.2) is 5.65 Å². The van der Waals surface area contributed by atoms with Crippen LogP contribution in [-0.2, 0) is 18.6 Å². The van der Waals surface area contributed by atoms with Crippen LogP contribution in [0.25, 0.3) is 11.0 Å². The number of likely N-dealkylation sites (tertiary alicyclic amines) is 1. The van der Waals surface area contributed by atoms with Gasteiger partial charge in [-0.1, -0.05) is 37.1 Å². The van der Waals surface area contributed by atoms with Crippen LogP contribution in [-0.4, -0.2) is 37.7 Å². The third kappa shape index (κ3) is 4.73. The van der Waals surface area contributed by atoms with Crippen LogP contribution in [0.3, 0.4) is 0 Å². The van der Waals surface area contributed by atoms with Gasteiger partial charge in [0.05, 0.1) is 11.7 Å². The Balaban J connectivity index is 1.43. The van der Waals surface area contributed by atoms with Gasteiger partial charge in [0.25, 0.3) is 5.56 Å². The first kappa shape index (κ1) is 20.6. The maximum absolute atomic E-state index is 12.4. The Morgan fingerprint density at radius 2 is 1.70 bits per heavy atom. The van der Waals surface area contributed by atoms with Crippen molar-refractivity contribution in [2.24, 2.45) is 0 Å². The Kier molecular flexibility index (Phi) is 5.90. The van der Waals surface area contributed by atoms with E-state index in [9.17, 15) is 4.79 Å². The summed E-state index contributed by atoms with van der Waals surface area (Å²) in [6.07, 6.45) is 6.93. The molecule has 4 rings (SSSR count). The minimum absolute atomic E-state index is 0.175. The number of hydrogen-bond acceptors (Lipinski definition) is 5. The molecule has 0 bridgehead atoms. The number of rotatable bonds is 5. The van der Waals surface area contributed by atoms with Crippen molar-refractivity contribution < 1.29 is 0 Å². The van der Waals surface area contributed by atoms with E-state index < -0.39 is 0 Å². The van der Waals surface area contributed by atoms with Crippen molar-refractivity contribution in [1.29, 1.82) is 0 Å². The van der Waals surface area contributed by atoms with Gasteiger partial charge in [0.2, 0.25) is 5.95 Å². The van der Waals surface area contributed by atoms with E-state index in [0.717, 1.165) is 12.1 Å². The summed E-state index contributed by atoms with van der Waals surface area (Å²) in [7, 11) is 0. The van der Waals surface area contributed by atoms with E-state index in [1.165, 1.54) is 44.3 Å². The topological polar surface area (TPSA) is 78.8 Å². The molecule has 0 spiro atoms. The Morgan fingerprint density at radius 3 is 2.37 bits per heavy atom. The number of aromatic nitrogens is 4. The minimum Gasteiger partial charge on any atom is -0.352 e. The van der Waals surface area contributed by atoms with E-state index in [1.54, 1.807) is 10.9 Å². The van der Waals surface area contributed by atoms with Gasteiger partial charge >= 0.3 is 0 Å². The van der Waals surface area contributed by atoms with Gasteiger partial charge in [-0.05, 0) is 57.8 Å². The van der Waals surface area contributed by atoms with E-state index in [2.05, 4.69) is 49.5 Å². The van der Waals surface area contributed by atoms with E-state index in [4.69, 9.17) is 0 Å². The number of anilines is 1. The van der Waals surface area contributed by atoms with Crippen LogP contribution in [0, 0.1) is 0 Å². The van der Waals surface area contributed by atoms with Crippen LogP contribution in [0.1, 0.15) is 57.6 Å². The molecule has 1 aliphatic heterocycles. The van der Waals surface area contributed by atoms with Crippen LogP contribution in [0.5, 0.6) is 0 Å². The third-order valence-electron chi connectivity index (χ3n) is 5.66. The molecule has 7 heteroatoms. The fourth-order valence-corrected chi connectivity index (χ4v) is 3.99. The summed E-state index contributed by atoms with van der Waals surface area (Å²) < 4.78 is 1.79. The molecule has 1 aromatic carbocycles. The molecule has 7 nitrogen and oxygen atoms in total. The third-order valence-corrected chi connectivity index (χ3v) is 5.66. The van der Waals surface area contributed by atoms with Crippen molar-refractivity contribution in [2.75, 3.05) is 18.4 Å². The molecule has 2 aromatic heterocycles. The monoisotopic (exact) mass is 408 g/mol. The first-order chi connectivity index (χ1) is 14.4. The lowest BCUT2D eigenvalue weighted by Gasteiger charge is -2.20. The Bertz CT molecular complexity index is 1040. The predicted octanol–water partition coefficient (Wildman–Crippen LogP) is 3.86. The van der Waals surface area contributed by atoms with Crippen molar-refractivity contribution >= 4 is 17.0 Å². The van der Waals surface area contributed by atoms with Crippen molar-refractivity contribution in [3.63, 3.8) is 0 Å². The van der Waals surface area contributed by atoms with Crippen LogP contribution >= 0.6 is 0 Å². The van der Waals surface area contributed by atoms with Crippen LogP contribution < -0.4 is 10.9 Å². The minimum atomic E-state index is -0.247. The molecule has 3 aromatic rings. The van der Waals surface area contributed by atoms with Gasteiger partial charge in [-0.25, -0.2) is 4.68 Å². The van der Waals surface area contributed by atoms with Gasteiger partial charge in [0, 0.05) is 13.1 Å². The molecule has 1 fully saturated rings. The maximum Gasteiger partial charge on any atom is 0.263 e. The predicted molar refractivity (Wildman–Crippen MR) is 121 cm³/mol. The molecule has 30 heavy (non-hydrogen) atoms. The number of nitrogens with one attached hydrogen (secondary N) is 2. The Hall–Kier alpha value is -2.67. The van der Waals surface area contributed by atoms with Crippen LogP contribution in [0.15, 0.2) is 35.3 Å². The summed E-state index contributed by atoms with van der Waals surface area (Å²) in [6, 6.07) is 8.71. The quantitative estimate of drug-likeness (QED) is 0.670. The second kappa shape index (κ2) is 8.60. The molecule has 160 valence electrons. The molecule has 0 radical (unpaired) electrons. The molecule has 1 aliphatic rings. The number of hydrogen-bond donors (Lipinski definition) is 2. The summed E-state index contributed by atoms with van der Waals surface area (Å²) in [4.78, 5) is 22.4. The molecule has 0 aliphatic carbocycles. The summed E-state index contributed by atoms with van der Waals surface area (Å²) in [5.41, 5.74) is 2.68. The second-order valence-electron chi connectivity index (χ2n) is 9.24. The number of benzene rings is 1. The number of fused-ring (bicyclic) bond motifs is 1. The molecule has 0 amide bonds. The Labute approximate surface area is 177 Å². The zero-order chi connectivity index (χ0) is 21.1. The fraction of sp³-hybridized carbons (Fsp3) is 0.522. The van der Waals surface area contributed by atoms with Gasteiger partial charge in [-0.15, -0.1) is 0 Å². The van der Waals surface area contributed by atoms with E-state index in [0.29, 0.717) is 23.5 Å². The molecular formula is C23H32N6O. The first-order valence-corrected chi connectivity index (χ1v) is 10.9. The Morgan fingerprint density at radius 1 is 1.03 bits per heavy atom. The SMILES string of the molecule is CC(C)(C)n1ncc2c(=O)[nH]c(NCc3ccc(CN4CCCCCC4)cc3)nc21. The highest BCUT2D eigenvalue weighted by Crippen LogP contribution is 2.19. The molecule has 0 saturated carbocycles. The summed E-state index contributed by atoms with van der Waals surface area (Å²) in [6.45, 7) is 10.2. The van der Waals surface area contributed by atoms with Gasteiger partial charge in [-0.2, -0.15) is 10.1 Å². The van der Waals surface area contributed by atoms with Crippen molar-refractivity contribution in [2.45, 2.75) is 65.1 Å². The maximum atomic E-state index is 12.4. The average Bonchev–Trinajstić information content (AvgIpc) is 2.99. The van der Waals surface area contributed by atoms with Crippen molar-refractivity contribution in [1.82, 2.24) is 24.6 Å². The lowest BCUT2D eigenvalue weighted by atomic mass is 10.1. The fourth-order valence-electron chi connectivity index (χ4n) is 3.99. The lowest BCUT2D eigenvalue weighted by Crippen LogP contribution is -2.24. The molecule has 0 unspecified atom stereocenters. The van der Waals surface area contributed by atoms with Crippen molar-refractivity contribution in [3.8, 4) is 0 Å². The van der Waals surface area contributed by atoms with Crippen LogP contribution in [0.2, 0.25) is 0 Å². The zero-order valence-electron chi connectivity index (χ0n) is 18.2. The highest BCUT2D eigenvalue weighted by molar-refractivity contribution is 5.74. The van der Waals surface area contributed by atoms with Gasteiger partial charge < -0.3 is 5.32 Å². The lowest BCUT2D eigenvalue weighted by molar-refractivity contribution is 0.277.